The smallest absolute Gasteiger partial charge is 0.233 e. The molecule has 4 aromatic heterocycles. The van der Waals surface area contributed by atoms with Crippen LogP contribution in [-0.4, -0.2) is 54.7 Å². The Bertz CT molecular complexity index is 1220. The van der Waals surface area contributed by atoms with Crippen LogP contribution < -0.4 is 10.1 Å². The number of H-pyrrole nitrogens is 1. The maximum atomic E-state index is 5.82. The van der Waals surface area contributed by atoms with E-state index in [4.69, 9.17) is 14.5 Å². The molecular formula is C21H23N7O2. The highest BCUT2D eigenvalue weighted by atomic mass is 16.5. The fraction of sp³-hybridized carbons (Fsp3) is 0.429. The van der Waals surface area contributed by atoms with Crippen LogP contribution >= 0.6 is 0 Å². The normalized spacial score (nSPS) is 23.7. The van der Waals surface area contributed by atoms with Crippen molar-refractivity contribution in [1.82, 2.24) is 29.3 Å². The lowest BCUT2D eigenvalue weighted by Crippen LogP contribution is -2.48. The van der Waals surface area contributed by atoms with E-state index in [9.17, 15) is 0 Å². The van der Waals surface area contributed by atoms with E-state index < -0.39 is 0 Å². The molecule has 0 radical (unpaired) electrons. The Kier molecular flexibility index (Phi) is 3.92. The van der Waals surface area contributed by atoms with E-state index in [-0.39, 0.29) is 5.60 Å². The Balaban J connectivity index is 1.31. The molecule has 1 saturated carbocycles. The second-order valence-corrected chi connectivity index (χ2v) is 8.16. The van der Waals surface area contributed by atoms with E-state index in [0.717, 1.165) is 54.5 Å². The maximum Gasteiger partial charge on any atom is 0.233 e. The number of rotatable bonds is 4. The number of imidazole rings is 1. The molecule has 2 N–H and O–H groups in total. The van der Waals surface area contributed by atoms with Gasteiger partial charge in [0.2, 0.25) is 17.6 Å². The average Bonchev–Trinajstić information content (AvgIpc) is 3.39. The molecule has 6 rings (SSSR count). The highest BCUT2D eigenvalue weighted by molar-refractivity contribution is 5.97. The Hall–Kier alpha value is -3.20. The maximum absolute atomic E-state index is 5.82. The van der Waals surface area contributed by atoms with Crippen molar-refractivity contribution in [2.24, 2.45) is 0 Å². The lowest BCUT2D eigenvalue weighted by Gasteiger charge is -2.46. The summed E-state index contributed by atoms with van der Waals surface area (Å²) in [6.07, 6.45) is 14.8. The summed E-state index contributed by atoms with van der Waals surface area (Å²) < 4.78 is 13.4. The van der Waals surface area contributed by atoms with Gasteiger partial charge in [0.1, 0.15) is 5.65 Å². The Morgan fingerprint density at radius 2 is 2.10 bits per heavy atom. The molecule has 0 bridgehead atoms. The monoisotopic (exact) mass is 405 g/mol. The molecule has 1 saturated heterocycles. The van der Waals surface area contributed by atoms with E-state index in [1.54, 1.807) is 19.5 Å². The second kappa shape index (κ2) is 6.66. The highest BCUT2D eigenvalue weighted by Gasteiger charge is 2.41. The zero-order valence-electron chi connectivity index (χ0n) is 16.8. The number of nitrogens with zero attached hydrogens (tertiary/aromatic N) is 5. The van der Waals surface area contributed by atoms with Gasteiger partial charge in [0.15, 0.2) is 0 Å². The van der Waals surface area contributed by atoms with E-state index in [1.165, 1.54) is 6.42 Å². The third-order valence-electron chi connectivity index (χ3n) is 6.44. The van der Waals surface area contributed by atoms with E-state index in [2.05, 4.69) is 25.3 Å². The molecular weight excluding hydrogens is 382 g/mol. The highest BCUT2D eigenvalue weighted by Crippen LogP contribution is 2.41. The third-order valence-corrected chi connectivity index (χ3v) is 6.44. The largest absolute Gasteiger partial charge is 0.480 e. The molecule has 0 aromatic carbocycles. The van der Waals surface area contributed by atoms with Crippen LogP contribution in [-0.2, 0) is 4.74 Å². The van der Waals surface area contributed by atoms with Crippen LogP contribution in [0.3, 0.4) is 0 Å². The average molecular weight is 405 g/mol. The van der Waals surface area contributed by atoms with Crippen molar-refractivity contribution < 1.29 is 9.47 Å². The van der Waals surface area contributed by atoms with Crippen LogP contribution in [0.2, 0.25) is 0 Å². The first-order chi connectivity index (χ1) is 14.7. The molecule has 30 heavy (non-hydrogen) atoms. The molecule has 9 heteroatoms. The number of methoxy groups -OCH3 is 1. The molecule has 0 amide bonds. The SMILES string of the molecule is COc1nc(N[C@H]2CC[C@]3(CCO3)CC2)nc2[nH]cc(-c3cnc4nccn4c3)c12. The molecule has 1 spiro atoms. The first kappa shape index (κ1) is 17.6. The number of aromatic nitrogens is 6. The summed E-state index contributed by atoms with van der Waals surface area (Å²) in [6, 6.07) is 0.351. The van der Waals surface area contributed by atoms with E-state index >= 15 is 0 Å². The van der Waals surface area contributed by atoms with Gasteiger partial charge in [-0.2, -0.15) is 9.97 Å². The van der Waals surface area contributed by atoms with Crippen LogP contribution in [0.15, 0.2) is 31.0 Å². The van der Waals surface area contributed by atoms with Gasteiger partial charge in [0, 0.05) is 48.2 Å². The van der Waals surface area contributed by atoms with Crippen LogP contribution in [0.4, 0.5) is 5.95 Å². The molecule has 4 aromatic rings. The predicted octanol–water partition coefficient (Wildman–Crippen LogP) is 3.19. The fourth-order valence-electron chi connectivity index (χ4n) is 4.65. The van der Waals surface area contributed by atoms with Gasteiger partial charge < -0.3 is 19.8 Å². The van der Waals surface area contributed by atoms with Crippen molar-refractivity contribution in [2.75, 3.05) is 19.0 Å². The first-order valence-electron chi connectivity index (χ1n) is 10.4. The summed E-state index contributed by atoms with van der Waals surface area (Å²) in [5.74, 6) is 1.79. The lowest BCUT2D eigenvalue weighted by atomic mass is 9.77. The number of hydrogen-bond acceptors (Lipinski definition) is 7. The zero-order chi connectivity index (χ0) is 20.1. The van der Waals surface area contributed by atoms with Gasteiger partial charge in [-0.25, -0.2) is 9.97 Å². The molecule has 154 valence electrons. The number of ether oxygens (including phenoxy) is 2. The predicted molar refractivity (Wildman–Crippen MR) is 112 cm³/mol. The summed E-state index contributed by atoms with van der Waals surface area (Å²) in [7, 11) is 1.64. The Morgan fingerprint density at radius 1 is 1.23 bits per heavy atom. The molecule has 1 aliphatic heterocycles. The molecule has 0 unspecified atom stereocenters. The summed E-state index contributed by atoms with van der Waals surface area (Å²) in [4.78, 5) is 21.3. The summed E-state index contributed by atoms with van der Waals surface area (Å²) >= 11 is 0. The van der Waals surface area contributed by atoms with Gasteiger partial charge in [0.05, 0.1) is 24.7 Å². The quantitative estimate of drug-likeness (QED) is 0.537. The third kappa shape index (κ3) is 2.80. The molecule has 1 aliphatic carbocycles. The molecule has 9 nitrogen and oxygen atoms in total. The fourth-order valence-corrected chi connectivity index (χ4v) is 4.65. The van der Waals surface area contributed by atoms with Gasteiger partial charge in [0.25, 0.3) is 0 Å². The van der Waals surface area contributed by atoms with Crippen molar-refractivity contribution in [3.8, 4) is 17.0 Å². The minimum atomic E-state index is 0.152. The molecule has 2 fully saturated rings. The van der Waals surface area contributed by atoms with Gasteiger partial charge in [-0.3, -0.25) is 4.40 Å². The summed E-state index contributed by atoms with van der Waals surface area (Å²) in [5, 5.41) is 4.34. The molecule has 0 atom stereocenters. The van der Waals surface area contributed by atoms with Crippen molar-refractivity contribution >= 4 is 22.8 Å². The van der Waals surface area contributed by atoms with Gasteiger partial charge in [-0.15, -0.1) is 0 Å². The number of fused-ring (bicyclic) bond motifs is 2. The van der Waals surface area contributed by atoms with Crippen molar-refractivity contribution in [3.63, 3.8) is 0 Å². The Labute approximate surface area is 172 Å². The molecule has 5 heterocycles. The van der Waals surface area contributed by atoms with Gasteiger partial charge >= 0.3 is 0 Å². The second-order valence-electron chi connectivity index (χ2n) is 8.16. The number of nitrogens with one attached hydrogen (secondary N) is 2. The lowest BCUT2D eigenvalue weighted by molar-refractivity contribution is -0.165. The van der Waals surface area contributed by atoms with Crippen LogP contribution in [0.1, 0.15) is 32.1 Å². The van der Waals surface area contributed by atoms with Crippen LogP contribution in [0.5, 0.6) is 5.88 Å². The topological polar surface area (TPSA) is 102 Å². The molecule has 2 aliphatic rings. The Morgan fingerprint density at radius 3 is 2.87 bits per heavy atom. The zero-order valence-corrected chi connectivity index (χ0v) is 16.8. The number of anilines is 1. The van der Waals surface area contributed by atoms with E-state index in [1.807, 2.05) is 23.0 Å². The van der Waals surface area contributed by atoms with Gasteiger partial charge in [-0.05, 0) is 32.1 Å². The first-order valence-corrected chi connectivity index (χ1v) is 10.4. The number of hydrogen-bond donors (Lipinski definition) is 2. The van der Waals surface area contributed by atoms with Crippen molar-refractivity contribution in [3.05, 3.63) is 31.0 Å². The van der Waals surface area contributed by atoms with E-state index in [0.29, 0.717) is 23.6 Å². The van der Waals surface area contributed by atoms with Gasteiger partial charge in [-0.1, -0.05) is 0 Å². The summed E-state index contributed by atoms with van der Waals surface area (Å²) in [5.41, 5.74) is 2.77. The standard InChI is InChI=1S/C21H23N7O2/c1-29-18-16-15(13-10-24-20-22-7-8-28(20)12-13)11-23-17(16)26-19(27-18)25-14-2-4-21(5-3-14)6-9-30-21/h7-8,10-12,14H,2-6,9H2,1H3,(H2,23,25,26,27)/t14-,21+. The van der Waals surface area contributed by atoms with Crippen LogP contribution in [0, 0.1) is 0 Å². The minimum absolute atomic E-state index is 0.152. The van der Waals surface area contributed by atoms with Crippen molar-refractivity contribution in [2.45, 2.75) is 43.7 Å². The minimum Gasteiger partial charge on any atom is -0.480 e. The van der Waals surface area contributed by atoms with Crippen molar-refractivity contribution in [1.29, 1.82) is 0 Å². The number of aromatic amines is 1. The van der Waals surface area contributed by atoms with Crippen LogP contribution in [0.25, 0.3) is 27.9 Å². The summed E-state index contributed by atoms with van der Waals surface area (Å²) in [6.45, 7) is 0.910.